The zero-order valence-electron chi connectivity index (χ0n) is 4.57. The Balaban J connectivity index is 3.86. The average molecular weight is 156 g/mol. The Bertz CT molecular complexity index is 90.2. The van der Waals surface area contributed by atoms with Gasteiger partial charge in [0.1, 0.15) is 4.24 Å². The molecule has 0 rings (SSSR count). The van der Waals surface area contributed by atoms with E-state index in [-0.39, 0.29) is 4.24 Å². The van der Waals surface area contributed by atoms with Crippen LogP contribution in [-0.2, 0) is 0 Å². The third-order valence-electron chi connectivity index (χ3n) is 0.525. The summed E-state index contributed by atoms with van der Waals surface area (Å²) in [6.07, 6.45) is 1.68. The molecule has 4 heteroatoms. The highest BCUT2D eigenvalue weighted by atomic mass is 32.2. The lowest BCUT2D eigenvalue weighted by atomic mass is 11.1. The lowest BCUT2D eigenvalue weighted by molar-refractivity contribution is 0.422. The monoisotopic (exact) mass is 156 g/mol. The van der Waals surface area contributed by atoms with E-state index in [0.29, 0.717) is 0 Å². The lowest BCUT2D eigenvalue weighted by Gasteiger charge is -1.92. The second kappa shape index (κ2) is 4.21. The van der Waals surface area contributed by atoms with Gasteiger partial charge in [0.15, 0.2) is 0 Å². The van der Waals surface area contributed by atoms with Crippen LogP contribution in [0.3, 0.4) is 0 Å². The van der Waals surface area contributed by atoms with Gasteiger partial charge in [-0.3, -0.25) is 0 Å². The molecule has 0 nitrogen and oxygen atoms in total. The predicted molar refractivity (Wildman–Crippen MR) is 36.3 cm³/mol. The smallest absolute Gasteiger partial charge is 0.172 e. The van der Waals surface area contributed by atoms with Gasteiger partial charge in [0.05, 0.1) is 0 Å². The molecule has 0 bridgehead atoms. The third kappa shape index (κ3) is 2.57. The molecule has 0 fully saturated rings. The second-order valence-corrected chi connectivity index (χ2v) is 2.85. The Hall–Kier alpha value is 0.300. The summed E-state index contributed by atoms with van der Waals surface area (Å²) in [5.74, 6) is 0. The first-order chi connectivity index (χ1) is 3.72. The highest BCUT2D eigenvalue weighted by Gasteiger charge is 1.99. The van der Waals surface area contributed by atoms with Crippen molar-refractivity contribution in [2.45, 2.75) is 0 Å². The van der Waals surface area contributed by atoms with Crippen LogP contribution in [0.4, 0.5) is 8.78 Å². The first kappa shape index (κ1) is 8.30. The second-order valence-electron chi connectivity index (χ2n) is 0.956. The SMILES string of the molecule is CSC(SC)=C(F)F. The van der Waals surface area contributed by atoms with Crippen LogP contribution in [0.5, 0.6) is 0 Å². The Morgan fingerprint density at radius 3 is 1.50 bits per heavy atom. The fraction of sp³-hybridized carbons (Fsp3) is 0.500. The van der Waals surface area contributed by atoms with Gasteiger partial charge in [-0.1, -0.05) is 0 Å². The minimum atomic E-state index is -1.58. The molecule has 0 heterocycles. The molecule has 0 aromatic carbocycles. The van der Waals surface area contributed by atoms with E-state index >= 15 is 0 Å². The van der Waals surface area contributed by atoms with Gasteiger partial charge >= 0.3 is 0 Å². The first-order valence-electron chi connectivity index (χ1n) is 1.85. The molecule has 48 valence electrons. The molecular formula is C4H6F2S2. The highest BCUT2D eigenvalue weighted by Crippen LogP contribution is 2.28. The Kier molecular flexibility index (Phi) is 4.36. The molecule has 0 aliphatic carbocycles. The van der Waals surface area contributed by atoms with E-state index in [1.54, 1.807) is 12.5 Å². The van der Waals surface area contributed by atoms with Crippen LogP contribution in [-0.4, -0.2) is 12.5 Å². The summed E-state index contributed by atoms with van der Waals surface area (Å²) < 4.78 is 23.2. The Morgan fingerprint density at radius 1 is 1.12 bits per heavy atom. The van der Waals surface area contributed by atoms with E-state index < -0.39 is 6.08 Å². The summed E-state index contributed by atoms with van der Waals surface area (Å²) in [6, 6.07) is 0. The molecule has 8 heavy (non-hydrogen) atoms. The van der Waals surface area contributed by atoms with Gasteiger partial charge in [-0.15, -0.1) is 23.5 Å². The quantitative estimate of drug-likeness (QED) is 0.603. The summed E-state index contributed by atoms with van der Waals surface area (Å²) in [7, 11) is 0. The van der Waals surface area contributed by atoms with E-state index in [4.69, 9.17) is 0 Å². The number of rotatable bonds is 2. The van der Waals surface area contributed by atoms with Crippen LogP contribution in [0.1, 0.15) is 0 Å². The molecule has 0 N–H and O–H groups in total. The molecule has 0 atom stereocenters. The minimum absolute atomic E-state index is 0.102. The summed E-state index contributed by atoms with van der Waals surface area (Å²) in [4.78, 5) is 0. The van der Waals surface area contributed by atoms with Crippen LogP contribution >= 0.6 is 23.5 Å². The standard InChI is InChI=1S/C4H6F2S2/c1-7-4(8-2)3(5)6/h1-2H3. The molecule has 0 unspecified atom stereocenters. The van der Waals surface area contributed by atoms with Gasteiger partial charge in [-0.05, 0) is 12.5 Å². The van der Waals surface area contributed by atoms with Crippen molar-refractivity contribution in [2.75, 3.05) is 12.5 Å². The third-order valence-corrected chi connectivity index (χ3v) is 2.58. The maximum Gasteiger partial charge on any atom is 0.290 e. The molecule has 0 saturated heterocycles. The summed E-state index contributed by atoms with van der Waals surface area (Å²) in [5.41, 5.74) is 0. The van der Waals surface area contributed by atoms with Crippen molar-refractivity contribution < 1.29 is 8.78 Å². The maximum absolute atomic E-state index is 11.5. The maximum atomic E-state index is 11.5. The fourth-order valence-electron chi connectivity index (χ4n) is 0.238. The number of hydrogen-bond donors (Lipinski definition) is 0. The molecule has 0 aromatic rings. The molecule has 0 spiro atoms. The minimum Gasteiger partial charge on any atom is -0.172 e. The molecule has 0 radical (unpaired) electrons. The van der Waals surface area contributed by atoms with E-state index in [2.05, 4.69) is 0 Å². The molecule has 0 aliphatic rings. The molecule has 0 aromatic heterocycles. The van der Waals surface area contributed by atoms with Crippen LogP contribution in [0.15, 0.2) is 10.3 Å². The van der Waals surface area contributed by atoms with E-state index in [1.165, 1.54) is 0 Å². The topological polar surface area (TPSA) is 0 Å². The lowest BCUT2D eigenvalue weighted by Crippen LogP contribution is -1.66. The molecule has 0 saturated carbocycles. The normalized spacial score (nSPS) is 9.00. The number of thioether (sulfide) groups is 2. The summed E-state index contributed by atoms with van der Waals surface area (Å²) in [5, 5.41) is 0. The van der Waals surface area contributed by atoms with Gasteiger partial charge in [-0.2, -0.15) is 8.78 Å². The summed E-state index contributed by atoms with van der Waals surface area (Å²) in [6.45, 7) is 0. The number of halogens is 2. The Morgan fingerprint density at radius 2 is 1.50 bits per heavy atom. The van der Waals surface area contributed by atoms with Crippen molar-refractivity contribution in [3.8, 4) is 0 Å². The predicted octanol–water partition coefficient (Wildman–Crippen LogP) is 2.78. The van der Waals surface area contributed by atoms with Crippen molar-refractivity contribution in [3.63, 3.8) is 0 Å². The van der Waals surface area contributed by atoms with Crippen molar-refractivity contribution in [1.82, 2.24) is 0 Å². The Labute approximate surface area is 55.7 Å². The van der Waals surface area contributed by atoms with Gasteiger partial charge in [0.2, 0.25) is 0 Å². The number of hydrogen-bond acceptors (Lipinski definition) is 2. The van der Waals surface area contributed by atoms with Crippen LogP contribution in [0.2, 0.25) is 0 Å². The van der Waals surface area contributed by atoms with Crippen LogP contribution < -0.4 is 0 Å². The van der Waals surface area contributed by atoms with Crippen molar-refractivity contribution in [3.05, 3.63) is 10.3 Å². The average Bonchev–Trinajstić information content (AvgIpc) is 1.69. The fourth-order valence-corrected chi connectivity index (χ4v) is 1.21. The zero-order valence-corrected chi connectivity index (χ0v) is 6.21. The molecule has 0 aliphatic heterocycles. The summed E-state index contributed by atoms with van der Waals surface area (Å²) >= 11 is 2.14. The van der Waals surface area contributed by atoms with Crippen molar-refractivity contribution >= 4 is 23.5 Å². The van der Waals surface area contributed by atoms with Crippen molar-refractivity contribution in [1.29, 1.82) is 0 Å². The van der Waals surface area contributed by atoms with Gasteiger partial charge in [0.25, 0.3) is 6.08 Å². The first-order valence-corrected chi connectivity index (χ1v) is 4.30. The molecular weight excluding hydrogens is 150 g/mol. The van der Waals surface area contributed by atoms with Crippen molar-refractivity contribution in [2.24, 2.45) is 0 Å². The highest BCUT2D eigenvalue weighted by molar-refractivity contribution is 8.21. The zero-order chi connectivity index (χ0) is 6.57. The molecule has 0 amide bonds. The van der Waals surface area contributed by atoms with Gasteiger partial charge in [0, 0.05) is 0 Å². The van der Waals surface area contributed by atoms with Gasteiger partial charge < -0.3 is 0 Å². The van der Waals surface area contributed by atoms with E-state index in [0.717, 1.165) is 23.5 Å². The van der Waals surface area contributed by atoms with Gasteiger partial charge in [-0.25, -0.2) is 0 Å². The van der Waals surface area contributed by atoms with Crippen LogP contribution in [0, 0.1) is 0 Å². The largest absolute Gasteiger partial charge is 0.290 e. The van der Waals surface area contributed by atoms with E-state index in [9.17, 15) is 8.78 Å². The van der Waals surface area contributed by atoms with E-state index in [1.807, 2.05) is 0 Å². The van der Waals surface area contributed by atoms with Crippen LogP contribution in [0.25, 0.3) is 0 Å².